The number of methoxy groups -OCH3 is 1. The predicted molar refractivity (Wildman–Crippen MR) is 150 cm³/mol. The summed E-state index contributed by atoms with van der Waals surface area (Å²) in [5, 5.41) is 10.3. The summed E-state index contributed by atoms with van der Waals surface area (Å²) >= 11 is 0. The number of hydrogen-bond acceptors (Lipinski definition) is 5. The van der Waals surface area contributed by atoms with Crippen LogP contribution in [0.25, 0.3) is 0 Å². The molecule has 0 saturated carbocycles. The second-order valence-electron chi connectivity index (χ2n) is 9.75. The van der Waals surface area contributed by atoms with E-state index < -0.39 is 24.0 Å². The Morgan fingerprint density at radius 1 is 0.925 bits per heavy atom. The minimum absolute atomic E-state index is 0.0732. The van der Waals surface area contributed by atoms with Crippen molar-refractivity contribution in [3.05, 3.63) is 125 Å². The zero-order chi connectivity index (χ0) is 28.1. The van der Waals surface area contributed by atoms with Crippen LogP contribution < -0.4 is 14.2 Å². The van der Waals surface area contributed by atoms with Crippen LogP contribution in [0.15, 0.2) is 97.1 Å². The first-order valence-corrected chi connectivity index (χ1v) is 13.1. The molecule has 7 nitrogen and oxygen atoms in total. The third kappa shape index (κ3) is 5.78. The molecule has 0 saturated heterocycles. The van der Waals surface area contributed by atoms with Gasteiger partial charge >= 0.3 is 5.97 Å². The van der Waals surface area contributed by atoms with E-state index in [0.717, 1.165) is 22.3 Å². The van der Waals surface area contributed by atoms with Crippen molar-refractivity contribution < 1.29 is 28.9 Å². The summed E-state index contributed by atoms with van der Waals surface area (Å²) in [5.74, 6) is 0.0185. The van der Waals surface area contributed by atoms with E-state index in [-0.39, 0.29) is 13.0 Å². The molecule has 4 aromatic rings. The highest BCUT2D eigenvalue weighted by atomic mass is 16.5. The van der Waals surface area contributed by atoms with Crippen LogP contribution in [-0.2, 0) is 29.2 Å². The van der Waals surface area contributed by atoms with E-state index in [1.165, 1.54) is 4.90 Å². The molecule has 1 N–H and O–H groups in total. The molecule has 5 rings (SSSR count). The van der Waals surface area contributed by atoms with E-state index >= 15 is 0 Å². The Hall–Kier alpha value is -4.78. The number of carbonyl (C=O) groups is 2. The second-order valence-corrected chi connectivity index (χ2v) is 9.75. The number of amides is 1. The second kappa shape index (κ2) is 11.9. The summed E-state index contributed by atoms with van der Waals surface area (Å²) in [6.07, 6.45) is -0.941. The van der Waals surface area contributed by atoms with E-state index in [1.54, 1.807) is 25.3 Å². The zero-order valence-corrected chi connectivity index (χ0v) is 22.4. The van der Waals surface area contributed by atoms with Gasteiger partial charge in [0.25, 0.3) is 5.91 Å². The standard InChI is InChI=1S/C33H31NO6/c1-22-13-16-26(17-14-22)40-30(24-11-7-4-8-12-24)32(35)34-20-25-15-18-29(38-2)31(27(25)19-28(34)33(36)37)39-21-23-9-5-3-6-10-23/h3-18,28,30H,19-21H2,1-2H3,(H,36,37)/t28-,30+/m0/s1. The van der Waals surface area contributed by atoms with E-state index in [1.807, 2.05) is 85.8 Å². The molecule has 0 aliphatic carbocycles. The van der Waals surface area contributed by atoms with Gasteiger partial charge in [-0.25, -0.2) is 4.79 Å². The number of rotatable bonds is 9. The lowest BCUT2D eigenvalue weighted by Crippen LogP contribution is -2.51. The third-order valence-corrected chi connectivity index (χ3v) is 7.05. The Labute approximate surface area is 233 Å². The fourth-order valence-corrected chi connectivity index (χ4v) is 4.91. The van der Waals surface area contributed by atoms with Gasteiger partial charge in [-0.05, 0) is 36.2 Å². The van der Waals surface area contributed by atoms with Crippen molar-refractivity contribution in [2.45, 2.75) is 38.6 Å². The quantitative estimate of drug-likeness (QED) is 0.293. The summed E-state index contributed by atoms with van der Waals surface area (Å²) in [6, 6.07) is 28.8. The highest BCUT2D eigenvalue weighted by Gasteiger charge is 2.40. The van der Waals surface area contributed by atoms with Crippen LogP contribution in [0.1, 0.15) is 33.9 Å². The molecule has 1 amide bonds. The molecule has 2 atom stereocenters. The minimum Gasteiger partial charge on any atom is -0.493 e. The van der Waals surface area contributed by atoms with Crippen LogP contribution in [0.2, 0.25) is 0 Å². The van der Waals surface area contributed by atoms with Crippen molar-refractivity contribution in [3.63, 3.8) is 0 Å². The molecule has 40 heavy (non-hydrogen) atoms. The molecule has 0 spiro atoms. The smallest absolute Gasteiger partial charge is 0.326 e. The summed E-state index contributed by atoms with van der Waals surface area (Å²) in [4.78, 5) is 28.1. The van der Waals surface area contributed by atoms with E-state index in [4.69, 9.17) is 14.2 Å². The Bertz CT molecular complexity index is 1470. The Morgan fingerprint density at radius 3 is 2.25 bits per heavy atom. The largest absolute Gasteiger partial charge is 0.493 e. The molecule has 0 radical (unpaired) electrons. The Balaban J connectivity index is 1.48. The maximum absolute atomic E-state index is 14.1. The van der Waals surface area contributed by atoms with Crippen molar-refractivity contribution in [1.82, 2.24) is 4.90 Å². The van der Waals surface area contributed by atoms with Crippen molar-refractivity contribution in [1.29, 1.82) is 0 Å². The van der Waals surface area contributed by atoms with Gasteiger partial charge in [0.05, 0.1) is 7.11 Å². The van der Waals surface area contributed by atoms with Gasteiger partial charge in [-0.3, -0.25) is 4.79 Å². The van der Waals surface area contributed by atoms with Crippen molar-refractivity contribution in [3.8, 4) is 17.2 Å². The number of carboxylic acid groups (broad SMARTS) is 1. The van der Waals surface area contributed by atoms with Crippen LogP contribution in [0.4, 0.5) is 0 Å². The summed E-state index contributed by atoms with van der Waals surface area (Å²) in [6.45, 7) is 2.37. The number of aliphatic carboxylic acids is 1. The fraction of sp³-hybridized carbons (Fsp3) is 0.212. The van der Waals surface area contributed by atoms with Crippen LogP contribution in [0, 0.1) is 6.92 Å². The van der Waals surface area contributed by atoms with Crippen LogP contribution in [-0.4, -0.2) is 35.0 Å². The number of hydrogen-bond donors (Lipinski definition) is 1. The fourth-order valence-electron chi connectivity index (χ4n) is 4.91. The molecule has 1 aliphatic heterocycles. The molecule has 0 fully saturated rings. The van der Waals surface area contributed by atoms with Crippen molar-refractivity contribution >= 4 is 11.9 Å². The Morgan fingerprint density at radius 2 is 1.60 bits per heavy atom. The zero-order valence-electron chi connectivity index (χ0n) is 22.4. The number of fused-ring (bicyclic) bond motifs is 1. The number of ether oxygens (including phenoxy) is 3. The van der Waals surface area contributed by atoms with Gasteiger partial charge in [0.2, 0.25) is 6.10 Å². The maximum Gasteiger partial charge on any atom is 0.326 e. The topological polar surface area (TPSA) is 85.3 Å². The number of aryl methyl sites for hydroxylation is 1. The number of benzene rings is 4. The molecule has 0 bridgehead atoms. The molecule has 4 aromatic carbocycles. The average Bonchev–Trinajstić information content (AvgIpc) is 2.99. The maximum atomic E-state index is 14.1. The molecule has 1 aliphatic rings. The average molecular weight is 538 g/mol. The lowest BCUT2D eigenvalue weighted by atomic mass is 9.91. The predicted octanol–water partition coefficient (Wildman–Crippen LogP) is 5.74. The Kier molecular flexibility index (Phi) is 8.01. The van der Waals surface area contributed by atoms with Gasteiger partial charge in [-0.1, -0.05) is 84.4 Å². The van der Waals surface area contributed by atoms with Gasteiger partial charge < -0.3 is 24.2 Å². The third-order valence-electron chi connectivity index (χ3n) is 7.05. The van der Waals surface area contributed by atoms with E-state index in [0.29, 0.717) is 29.4 Å². The molecule has 0 aromatic heterocycles. The van der Waals surface area contributed by atoms with Crippen LogP contribution >= 0.6 is 0 Å². The number of carboxylic acids is 1. The van der Waals surface area contributed by atoms with Crippen LogP contribution in [0.5, 0.6) is 17.2 Å². The first kappa shape index (κ1) is 26.8. The molecule has 7 heteroatoms. The van der Waals surface area contributed by atoms with Gasteiger partial charge in [-0.15, -0.1) is 0 Å². The van der Waals surface area contributed by atoms with Crippen molar-refractivity contribution in [2.75, 3.05) is 7.11 Å². The molecular formula is C33H31NO6. The van der Waals surface area contributed by atoms with Crippen molar-refractivity contribution in [2.24, 2.45) is 0 Å². The summed E-state index contributed by atoms with van der Waals surface area (Å²) in [5.41, 5.74) is 4.21. The SMILES string of the molecule is COc1ccc2c(c1OCc1ccccc1)C[C@@H](C(=O)O)N(C(=O)[C@H](Oc1ccc(C)cc1)c1ccccc1)C2. The number of nitrogens with zero attached hydrogens (tertiary/aromatic N) is 1. The molecule has 0 unspecified atom stereocenters. The highest BCUT2D eigenvalue weighted by molar-refractivity contribution is 5.88. The first-order valence-electron chi connectivity index (χ1n) is 13.1. The van der Waals surface area contributed by atoms with Gasteiger partial charge in [0.1, 0.15) is 18.4 Å². The normalized spacial score (nSPS) is 15.1. The van der Waals surface area contributed by atoms with Gasteiger partial charge in [0, 0.05) is 24.1 Å². The monoisotopic (exact) mass is 537 g/mol. The van der Waals surface area contributed by atoms with Gasteiger partial charge in [-0.2, -0.15) is 0 Å². The molecular weight excluding hydrogens is 506 g/mol. The first-order chi connectivity index (χ1) is 19.4. The lowest BCUT2D eigenvalue weighted by molar-refractivity contribution is -0.155. The number of carbonyl (C=O) groups excluding carboxylic acids is 1. The van der Waals surface area contributed by atoms with Gasteiger partial charge in [0.15, 0.2) is 11.5 Å². The van der Waals surface area contributed by atoms with Crippen LogP contribution in [0.3, 0.4) is 0 Å². The van der Waals surface area contributed by atoms with E-state index in [9.17, 15) is 14.7 Å². The summed E-state index contributed by atoms with van der Waals surface area (Å²) in [7, 11) is 1.55. The lowest BCUT2D eigenvalue weighted by Gasteiger charge is -2.37. The van der Waals surface area contributed by atoms with E-state index in [2.05, 4.69) is 0 Å². The molecule has 204 valence electrons. The summed E-state index contributed by atoms with van der Waals surface area (Å²) < 4.78 is 18.0. The minimum atomic E-state index is -1.11. The highest BCUT2D eigenvalue weighted by Crippen LogP contribution is 2.40. The molecule has 1 heterocycles.